The summed E-state index contributed by atoms with van der Waals surface area (Å²) in [5.41, 5.74) is 0.766. The third kappa shape index (κ3) is 3.39. The lowest BCUT2D eigenvalue weighted by Crippen LogP contribution is -2.53. The number of aromatic nitrogens is 4. The van der Waals surface area contributed by atoms with E-state index in [0.29, 0.717) is 6.54 Å². The minimum atomic E-state index is -0.676. The standard InChI is InChI=1S/C15H17FN6O2/c1-10(18-14(23)8-21-9-17-19-20-21)15(24)22-6-5-13(22)11-3-2-4-12(16)7-11/h2-4,7,9-10,13H,5-6,8H2,1H3,(H,18,23)/t10-,13?/m1/s1. The summed E-state index contributed by atoms with van der Waals surface area (Å²) in [5, 5.41) is 13.1. The van der Waals surface area contributed by atoms with Crippen LogP contribution in [0.3, 0.4) is 0 Å². The number of carbonyl (C=O) groups is 2. The number of carbonyl (C=O) groups excluding carboxylic acids is 2. The predicted molar refractivity (Wildman–Crippen MR) is 80.9 cm³/mol. The highest BCUT2D eigenvalue weighted by molar-refractivity contribution is 5.88. The van der Waals surface area contributed by atoms with Gasteiger partial charge >= 0.3 is 0 Å². The highest BCUT2D eigenvalue weighted by atomic mass is 19.1. The fraction of sp³-hybridized carbons (Fsp3) is 0.400. The summed E-state index contributed by atoms with van der Waals surface area (Å²) >= 11 is 0. The molecule has 8 nitrogen and oxygen atoms in total. The van der Waals surface area contributed by atoms with Crippen molar-refractivity contribution in [3.63, 3.8) is 0 Å². The minimum absolute atomic E-state index is 0.0576. The predicted octanol–water partition coefficient (Wildman–Crippen LogP) is 0.290. The van der Waals surface area contributed by atoms with Crippen molar-refractivity contribution < 1.29 is 14.0 Å². The van der Waals surface area contributed by atoms with Gasteiger partial charge in [-0.05, 0) is 41.5 Å². The van der Waals surface area contributed by atoms with E-state index in [1.807, 2.05) is 0 Å². The van der Waals surface area contributed by atoms with Crippen molar-refractivity contribution in [1.29, 1.82) is 0 Å². The van der Waals surface area contributed by atoms with Crippen molar-refractivity contribution in [2.45, 2.75) is 32.0 Å². The van der Waals surface area contributed by atoms with Crippen molar-refractivity contribution >= 4 is 11.8 Å². The summed E-state index contributed by atoms with van der Waals surface area (Å²) in [6, 6.07) is 5.41. The molecular formula is C15H17FN6O2. The van der Waals surface area contributed by atoms with Crippen LogP contribution in [0.2, 0.25) is 0 Å². The Kier molecular flexibility index (Phi) is 4.50. The summed E-state index contributed by atoms with van der Waals surface area (Å²) in [6.45, 7) is 2.16. The molecule has 1 aliphatic heterocycles. The van der Waals surface area contributed by atoms with Crippen LogP contribution in [-0.4, -0.2) is 49.5 Å². The zero-order chi connectivity index (χ0) is 17.1. The maximum absolute atomic E-state index is 13.3. The van der Waals surface area contributed by atoms with Crippen LogP contribution in [0, 0.1) is 5.82 Å². The van der Waals surface area contributed by atoms with Gasteiger partial charge in [-0.1, -0.05) is 12.1 Å². The molecule has 1 aromatic carbocycles. The molecule has 0 aliphatic carbocycles. The molecule has 1 N–H and O–H groups in total. The Balaban J connectivity index is 1.58. The summed E-state index contributed by atoms with van der Waals surface area (Å²) in [7, 11) is 0. The first-order chi connectivity index (χ1) is 11.5. The van der Waals surface area contributed by atoms with Crippen LogP contribution >= 0.6 is 0 Å². The minimum Gasteiger partial charge on any atom is -0.343 e. The van der Waals surface area contributed by atoms with Gasteiger partial charge in [0.05, 0.1) is 6.04 Å². The third-order valence-corrected chi connectivity index (χ3v) is 3.98. The molecule has 0 saturated carbocycles. The molecule has 1 aliphatic rings. The number of hydrogen-bond donors (Lipinski definition) is 1. The van der Waals surface area contributed by atoms with Crippen LogP contribution in [0.15, 0.2) is 30.6 Å². The normalized spacial score (nSPS) is 17.9. The number of likely N-dealkylation sites (tertiary alicyclic amines) is 1. The van der Waals surface area contributed by atoms with Crippen LogP contribution in [0.5, 0.6) is 0 Å². The van der Waals surface area contributed by atoms with E-state index in [1.165, 1.54) is 23.1 Å². The second-order valence-corrected chi connectivity index (χ2v) is 5.69. The van der Waals surface area contributed by atoms with Gasteiger partial charge in [0.1, 0.15) is 24.7 Å². The topological polar surface area (TPSA) is 93.0 Å². The second kappa shape index (κ2) is 6.73. The Hall–Kier alpha value is -2.84. The molecule has 0 bridgehead atoms. The fourth-order valence-corrected chi connectivity index (χ4v) is 2.71. The average Bonchev–Trinajstić information content (AvgIpc) is 2.98. The Morgan fingerprint density at radius 1 is 1.46 bits per heavy atom. The van der Waals surface area contributed by atoms with Crippen LogP contribution in [0.1, 0.15) is 24.9 Å². The SMILES string of the molecule is C[C@@H](NC(=O)Cn1cnnn1)C(=O)N1CCC1c1cccc(F)c1. The van der Waals surface area contributed by atoms with Crippen molar-refractivity contribution in [3.05, 3.63) is 42.0 Å². The number of benzene rings is 1. The second-order valence-electron chi connectivity index (χ2n) is 5.69. The molecule has 2 aromatic rings. The van der Waals surface area contributed by atoms with E-state index in [2.05, 4.69) is 20.8 Å². The molecule has 3 rings (SSSR count). The van der Waals surface area contributed by atoms with Gasteiger partial charge in [0.2, 0.25) is 11.8 Å². The molecule has 24 heavy (non-hydrogen) atoms. The number of halogens is 1. The van der Waals surface area contributed by atoms with Crippen molar-refractivity contribution in [3.8, 4) is 0 Å². The number of rotatable bonds is 5. The van der Waals surface area contributed by atoms with Crippen LogP contribution < -0.4 is 5.32 Å². The molecule has 1 saturated heterocycles. The molecule has 9 heteroatoms. The molecule has 1 aromatic heterocycles. The maximum atomic E-state index is 13.3. The van der Waals surface area contributed by atoms with Gasteiger partial charge in [0, 0.05) is 6.54 Å². The van der Waals surface area contributed by atoms with Gasteiger partial charge < -0.3 is 10.2 Å². The Labute approximate surface area is 137 Å². The first kappa shape index (κ1) is 16.0. The molecule has 2 amide bonds. The number of tetrazole rings is 1. The van der Waals surface area contributed by atoms with Crippen LogP contribution in [-0.2, 0) is 16.1 Å². The molecule has 2 heterocycles. The van der Waals surface area contributed by atoms with Crippen LogP contribution in [0.25, 0.3) is 0 Å². The van der Waals surface area contributed by atoms with Gasteiger partial charge in [-0.3, -0.25) is 9.59 Å². The van der Waals surface area contributed by atoms with E-state index in [4.69, 9.17) is 0 Å². The monoisotopic (exact) mass is 332 g/mol. The van der Waals surface area contributed by atoms with E-state index in [1.54, 1.807) is 24.0 Å². The number of nitrogens with zero attached hydrogens (tertiary/aromatic N) is 5. The zero-order valence-corrected chi connectivity index (χ0v) is 13.1. The Morgan fingerprint density at radius 2 is 2.29 bits per heavy atom. The summed E-state index contributed by atoms with van der Waals surface area (Å²) < 4.78 is 14.6. The smallest absolute Gasteiger partial charge is 0.245 e. The van der Waals surface area contributed by atoms with Crippen molar-refractivity contribution in [2.24, 2.45) is 0 Å². The summed E-state index contributed by atoms with van der Waals surface area (Å²) in [4.78, 5) is 26.1. The summed E-state index contributed by atoms with van der Waals surface area (Å²) in [6.07, 6.45) is 2.10. The average molecular weight is 332 g/mol. The number of amides is 2. The largest absolute Gasteiger partial charge is 0.343 e. The maximum Gasteiger partial charge on any atom is 0.245 e. The van der Waals surface area contributed by atoms with E-state index in [9.17, 15) is 14.0 Å². The lowest BCUT2D eigenvalue weighted by atomic mass is 9.94. The Bertz CT molecular complexity index is 735. The molecule has 1 unspecified atom stereocenters. The molecular weight excluding hydrogens is 315 g/mol. The van der Waals surface area contributed by atoms with Crippen molar-refractivity contribution in [1.82, 2.24) is 30.4 Å². The highest BCUT2D eigenvalue weighted by Crippen LogP contribution is 2.33. The lowest BCUT2D eigenvalue weighted by Gasteiger charge is -2.42. The van der Waals surface area contributed by atoms with Crippen molar-refractivity contribution in [2.75, 3.05) is 6.54 Å². The van der Waals surface area contributed by atoms with E-state index >= 15 is 0 Å². The van der Waals surface area contributed by atoms with Gasteiger partial charge in [-0.2, -0.15) is 0 Å². The third-order valence-electron chi connectivity index (χ3n) is 3.98. The summed E-state index contributed by atoms with van der Waals surface area (Å²) in [5.74, 6) is -0.874. The lowest BCUT2D eigenvalue weighted by molar-refractivity contribution is -0.143. The first-order valence-corrected chi connectivity index (χ1v) is 7.60. The highest BCUT2D eigenvalue weighted by Gasteiger charge is 2.36. The van der Waals surface area contributed by atoms with Crippen LogP contribution in [0.4, 0.5) is 4.39 Å². The quantitative estimate of drug-likeness (QED) is 0.849. The van der Waals surface area contributed by atoms with Gasteiger partial charge in [-0.25, -0.2) is 9.07 Å². The molecule has 126 valence electrons. The fourth-order valence-electron chi connectivity index (χ4n) is 2.71. The van der Waals surface area contributed by atoms with Gasteiger partial charge in [-0.15, -0.1) is 5.10 Å². The molecule has 0 radical (unpaired) electrons. The van der Waals surface area contributed by atoms with E-state index in [-0.39, 0.29) is 30.2 Å². The van der Waals surface area contributed by atoms with Gasteiger partial charge in [0.15, 0.2) is 0 Å². The van der Waals surface area contributed by atoms with E-state index < -0.39 is 6.04 Å². The zero-order valence-electron chi connectivity index (χ0n) is 13.1. The molecule has 2 atom stereocenters. The number of hydrogen-bond acceptors (Lipinski definition) is 5. The van der Waals surface area contributed by atoms with E-state index in [0.717, 1.165) is 12.0 Å². The van der Waals surface area contributed by atoms with Gasteiger partial charge in [0.25, 0.3) is 0 Å². The Morgan fingerprint density at radius 3 is 2.92 bits per heavy atom. The molecule has 0 spiro atoms. The number of nitrogens with one attached hydrogen (secondary N) is 1. The molecule has 1 fully saturated rings. The first-order valence-electron chi connectivity index (χ1n) is 7.60.